The molecule has 198 valence electrons. The number of carbonyl (C=O) groups excluding carboxylic acids is 3. The number of hydrogen-bond acceptors (Lipinski definition) is 10. The van der Waals surface area contributed by atoms with Gasteiger partial charge in [-0.2, -0.15) is 0 Å². The second-order valence-corrected chi connectivity index (χ2v) is 8.85. The third kappa shape index (κ3) is 5.08. The zero-order valence-corrected chi connectivity index (χ0v) is 22.1. The molecule has 0 bridgehead atoms. The Bertz CT molecular complexity index is 1360. The minimum absolute atomic E-state index is 0.00191. The zero-order valence-electron chi connectivity index (χ0n) is 21.3. The van der Waals surface area contributed by atoms with E-state index in [0.717, 1.165) is 16.0 Å². The summed E-state index contributed by atoms with van der Waals surface area (Å²) in [6.45, 7) is 3.18. The monoisotopic (exact) mass is 538 g/mol. The summed E-state index contributed by atoms with van der Waals surface area (Å²) in [5, 5.41) is 1.96. The molecule has 0 saturated carbocycles. The summed E-state index contributed by atoms with van der Waals surface area (Å²) in [4.78, 5) is 39.2. The van der Waals surface area contributed by atoms with Crippen molar-refractivity contribution in [2.24, 2.45) is 0 Å². The second kappa shape index (κ2) is 11.4. The van der Waals surface area contributed by atoms with Crippen LogP contribution >= 0.6 is 11.3 Å². The molecule has 4 rings (SSSR count). The van der Waals surface area contributed by atoms with Gasteiger partial charge in [0.25, 0.3) is 0 Å². The van der Waals surface area contributed by atoms with E-state index in [0.29, 0.717) is 11.5 Å². The molecule has 1 aliphatic heterocycles. The van der Waals surface area contributed by atoms with Gasteiger partial charge in [-0.1, -0.05) is 12.1 Å². The maximum atomic E-state index is 13.0. The highest BCUT2D eigenvalue weighted by atomic mass is 32.1. The van der Waals surface area contributed by atoms with Gasteiger partial charge in [-0.3, -0.25) is 4.79 Å². The Morgan fingerprint density at radius 3 is 2.24 bits per heavy atom. The summed E-state index contributed by atoms with van der Waals surface area (Å²) < 4.78 is 32.2. The number of esters is 2. The Morgan fingerprint density at radius 1 is 0.921 bits per heavy atom. The van der Waals surface area contributed by atoms with Gasteiger partial charge < -0.3 is 28.4 Å². The lowest BCUT2D eigenvalue weighted by Gasteiger charge is -2.22. The molecule has 38 heavy (non-hydrogen) atoms. The van der Waals surface area contributed by atoms with Gasteiger partial charge in [-0.25, -0.2) is 9.59 Å². The SMILES string of the molecule is CCOC(=O)C1(C(=O)OCC)Oc2ccc(C(=O)/C=C/c3cc(OC)c(OC)c(-c4cccs4)c3)cc2O1. The molecule has 0 spiro atoms. The average Bonchev–Trinajstić information content (AvgIpc) is 3.60. The lowest BCUT2D eigenvalue weighted by molar-refractivity contribution is -0.202. The molecule has 0 radical (unpaired) electrons. The molecule has 1 aliphatic rings. The maximum Gasteiger partial charge on any atom is 0.453 e. The van der Waals surface area contributed by atoms with E-state index in [4.69, 9.17) is 28.4 Å². The van der Waals surface area contributed by atoms with Crippen LogP contribution in [0.2, 0.25) is 0 Å². The molecular formula is C28H26O9S. The Hall–Kier alpha value is -4.31. The smallest absolute Gasteiger partial charge is 0.453 e. The van der Waals surface area contributed by atoms with Gasteiger partial charge in [0.1, 0.15) is 0 Å². The van der Waals surface area contributed by atoms with Crippen molar-refractivity contribution in [3.63, 3.8) is 0 Å². The molecule has 0 saturated heterocycles. The van der Waals surface area contributed by atoms with Crippen LogP contribution in [0.3, 0.4) is 0 Å². The van der Waals surface area contributed by atoms with Crippen LogP contribution in [-0.4, -0.2) is 50.9 Å². The van der Waals surface area contributed by atoms with E-state index in [1.54, 1.807) is 51.5 Å². The molecule has 1 aromatic heterocycles. The minimum atomic E-state index is -2.43. The van der Waals surface area contributed by atoms with Crippen molar-refractivity contribution in [3.05, 3.63) is 65.0 Å². The lowest BCUT2D eigenvalue weighted by atomic mass is 10.0. The zero-order chi connectivity index (χ0) is 27.3. The first-order valence-electron chi connectivity index (χ1n) is 11.8. The third-order valence-corrected chi connectivity index (χ3v) is 6.44. The molecule has 0 N–H and O–H groups in total. The molecule has 2 aromatic carbocycles. The summed E-state index contributed by atoms with van der Waals surface area (Å²) in [6, 6.07) is 11.9. The first-order valence-corrected chi connectivity index (χ1v) is 12.6. The van der Waals surface area contributed by atoms with Crippen LogP contribution in [0.15, 0.2) is 53.9 Å². The molecule has 0 atom stereocenters. The molecule has 0 amide bonds. The number of carbonyl (C=O) groups is 3. The van der Waals surface area contributed by atoms with Crippen molar-refractivity contribution in [3.8, 4) is 33.4 Å². The largest absolute Gasteiger partial charge is 0.493 e. The second-order valence-electron chi connectivity index (χ2n) is 7.90. The lowest BCUT2D eigenvalue weighted by Crippen LogP contribution is -2.55. The maximum absolute atomic E-state index is 13.0. The summed E-state index contributed by atoms with van der Waals surface area (Å²) in [5.74, 6) is -3.58. The van der Waals surface area contributed by atoms with Crippen LogP contribution in [0.5, 0.6) is 23.0 Å². The van der Waals surface area contributed by atoms with Crippen molar-refractivity contribution in [1.82, 2.24) is 0 Å². The summed E-state index contributed by atoms with van der Waals surface area (Å²) in [5.41, 5.74) is 1.82. The standard InChI is InChI=1S/C28H26O9S/c1-5-34-26(30)28(27(31)35-6-2)36-21-12-10-18(16-22(21)37-28)20(29)11-9-17-14-19(24-8-7-13-38-24)25(33-4)23(15-17)32-3/h7-16H,5-6H2,1-4H3/b11-9+. The van der Waals surface area contributed by atoms with Crippen molar-refractivity contribution < 1.29 is 42.8 Å². The Balaban J connectivity index is 1.60. The molecule has 10 heteroatoms. The highest BCUT2D eigenvalue weighted by molar-refractivity contribution is 7.13. The molecule has 0 unspecified atom stereocenters. The van der Waals surface area contributed by atoms with E-state index in [9.17, 15) is 14.4 Å². The summed E-state index contributed by atoms with van der Waals surface area (Å²) >= 11 is 1.56. The van der Waals surface area contributed by atoms with E-state index < -0.39 is 17.7 Å². The molecule has 2 heterocycles. The number of thiophene rings is 1. The van der Waals surface area contributed by atoms with Crippen LogP contribution in [-0.2, 0) is 19.1 Å². The summed E-state index contributed by atoms with van der Waals surface area (Å²) in [7, 11) is 3.13. The highest BCUT2D eigenvalue weighted by Crippen LogP contribution is 2.42. The third-order valence-electron chi connectivity index (χ3n) is 5.54. The number of fused-ring (bicyclic) bond motifs is 1. The number of allylic oxidation sites excluding steroid dienone is 1. The van der Waals surface area contributed by atoms with E-state index >= 15 is 0 Å². The fourth-order valence-electron chi connectivity index (χ4n) is 3.82. The first kappa shape index (κ1) is 26.7. The number of rotatable bonds is 10. The Kier molecular flexibility index (Phi) is 8.02. The van der Waals surface area contributed by atoms with Crippen molar-refractivity contribution >= 4 is 35.1 Å². The minimum Gasteiger partial charge on any atom is -0.493 e. The number of ketones is 1. The average molecular weight is 539 g/mol. The van der Waals surface area contributed by atoms with Crippen LogP contribution in [0, 0.1) is 0 Å². The van der Waals surface area contributed by atoms with Gasteiger partial charge in [-0.05, 0) is 67.3 Å². The first-order chi connectivity index (χ1) is 18.4. The number of hydrogen-bond donors (Lipinski definition) is 0. The number of benzene rings is 2. The normalized spacial score (nSPS) is 13.3. The number of methoxy groups -OCH3 is 2. The molecule has 9 nitrogen and oxygen atoms in total. The van der Waals surface area contributed by atoms with Crippen molar-refractivity contribution in [1.29, 1.82) is 0 Å². The van der Waals surface area contributed by atoms with Crippen LogP contribution in [0.4, 0.5) is 0 Å². The molecular weight excluding hydrogens is 512 g/mol. The van der Waals surface area contributed by atoms with Gasteiger partial charge in [0.2, 0.25) is 0 Å². The van der Waals surface area contributed by atoms with E-state index in [1.165, 1.54) is 24.3 Å². The molecule has 0 aliphatic carbocycles. The fourth-order valence-corrected chi connectivity index (χ4v) is 4.56. The van der Waals surface area contributed by atoms with Crippen molar-refractivity contribution in [2.75, 3.05) is 27.4 Å². The molecule has 0 fully saturated rings. The Morgan fingerprint density at radius 2 is 1.63 bits per heavy atom. The van der Waals surface area contributed by atoms with E-state index in [1.807, 2.05) is 23.6 Å². The molecule has 3 aromatic rings. The van der Waals surface area contributed by atoms with Gasteiger partial charge >= 0.3 is 17.7 Å². The van der Waals surface area contributed by atoms with E-state index in [-0.39, 0.29) is 36.1 Å². The van der Waals surface area contributed by atoms with Gasteiger partial charge in [0.15, 0.2) is 28.8 Å². The van der Waals surface area contributed by atoms with E-state index in [2.05, 4.69) is 0 Å². The fraction of sp³-hybridized carbons (Fsp3) is 0.250. The van der Waals surface area contributed by atoms with Crippen LogP contribution in [0.1, 0.15) is 29.8 Å². The highest BCUT2D eigenvalue weighted by Gasteiger charge is 2.59. The van der Waals surface area contributed by atoms with Gasteiger partial charge in [-0.15, -0.1) is 11.3 Å². The van der Waals surface area contributed by atoms with Gasteiger partial charge in [0, 0.05) is 16.0 Å². The number of ether oxygens (including phenoxy) is 6. The Labute approximate surface area is 223 Å². The van der Waals surface area contributed by atoms with Crippen LogP contribution in [0.25, 0.3) is 16.5 Å². The van der Waals surface area contributed by atoms with Crippen LogP contribution < -0.4 is 18.9 Å². The quantitative estimate of drug-likeness (QED) is 0.154. The predicted octanol–water partition coefficient (Wildman–Crippen LogP) is 4.92. The summed E-state index contributed by atoms with van der Waals surface area (Å²) in [6.07, 6.45) is 3.06. The predicted molar refractivity (Wildman–Crippen MR) is 140 cm³/mol. The van der Waals surface area contributed by atoms with Gasteiger partial charge in [0.05, 0.1) is 27.4 Å². The topological polar surface area (TPSA) is 107 Å². The van der Waals surface area contributed by atoms with Crippen molar-refractivity contribution in [2.45, 2.75) is 19.6 Å².